The molecule has 168 valence electrons. The Morgan fingerprint density at radius 3 is 2.62 bits per heavy atom. The fourth-order valence-corrected chi connectivity index (χ4v) is 5.45. The van der Waals surface area contributed by atoms with Gasteiger partial charge in [-0.25, -0.2) is 22.5 Å². The maximum Gasteiger partial charge on any atom is 0.339 e. The molecule has 0 spiro atoms. The Balaban J connectivity index is 1.84. The number of aryl methyl sites for hydroxylation is 1. The average Bonchev–Trinajstić information content (AvgIpc) is 3.16. The van der Waals surface area contributed by atoms with Crippen LogP contribution in [0.25, 0.3) is 0 Å². The predicted molar refractivity (Wildman–Crippen MR) is 121 cm³/mol. The van der Waals surface area contributed by atoms with Crippen LogP contribution in [0.3, 0.4) is 0 Å². The van der Waals surface area contributed by atoms with Crippen molar-refractivity contribution in [2.75, 3.05) is 14.1 Å². The fraction of sp³-hybridized carbons (Fsp3) is 0.200. The SMILES string of the molecule is Cc1csc(Sc2ccc([N+](=O)[O-])cc2C(=O)OCc2cccc(S(=O)(=O)N(C)C)c2)n1. The van der Waals surface area contributed by atoms with Crippen LogP contribution in [0.1, 0.15) is 21.6 Å². The number of hydrogen-bond donors (Lipinski definition) is 0. The van der Waals surface area contributed by atoms with E-state index >= 15 is 0 Å². The molecular formula is C20H19N3O6S3. The molecule has 32 heavy (non-hydrogen) atoms. The number of rotatable bonds is 8. The van der Waals surface area contributed by atoms with E-state index in [4.69, 9.17) is 4.74 Å². The number of non-ortho nitro benzene ring substituents is 1. The standard InChI is InChI=1S/C20H19N3O6S3/c1-13-12-30-20(21-13)31-18-8-7-15(23(25)26)10-17(18)19(24)29-11-14-5-4-6-16(9-14)32(27,28)22(2)3/h4-10,12H,11H2,1-3H3. The number of nitro groups is 1. The van der Waals surface area contributed by atoms with Crippen molar-refractivity contribution < 1.29 is 22.9 Å². The minimum Gasteiger partial charge on any atom is -0.457 e. The van der Waals surface area contributed by atoms with Gasteiger partial charge < -0.3 is 4.74 Å². The first kappa shape index (κ1) is 23.9. The van der Waals surface area contributed by atoms with Crippen LogP contribution >= 0.6 is 23.1 Å². The average molecular weight is 494 g/mol. The highest BCUT2D eigenvalue weighted by Crippen LogP contribution is 2.34. The number of hydrogen-bond acceptors (Lipinski definition) is 9. The highest BCUT2D eigenvalue weighted by Gasteiger charge is 2.21. The fourth-order valence-electron chi connectivity index (χ4n) is 2.59. The van der Waals surface area contributed by atoms with E-state index in [0.29, 0.717) is 14.8 Å². The number of nitro benzene ring substituents is 1. The molecule has 3 aromatic rings. The zero-order valence-electron chi connectivity index (χ0n) is 17.3. The topological polar surface area (TPSA) is 120 Å². The predicted octanol–water partition coefficient (Wildman–Crippen LogP) is 4.12. The largest absolute Gasteiger partial charge is 0.457 e. The van der Waals surface area contributed by atoms with E-state index in [9.17, 15) is 23.3 Å². The lowest BCUT2D eigenvalue weighted by atomic mass is 10.2. The third-order valence-corrected chi connectivity index (χ3v) is 8.18. The lowest BCUT2D eigenvalue weighted by Gasteiger charge is -2.13. The first-order chi connectivity index (χ1) is 15.1. The van der Waals surface area contributed by atoms with Gasteiger partial charge in [-0.1, -0.05) is 23.9 Å². The minimum atomic E-state index is -3.64. The van der Waals surface area contributed by atoms with Gasteiger partial charge in [0, 0.05) is 42.2 Å². The summed E-state index contributed by atoms with van der Waals surface area (Å²) < 4.78 is 31.8. The highest BCUT2D eigenvalue weighted by molar-refractivity contribution is 8.01. The Hall–Kier alpha value is -2.80. The summed E-state index contributed by atoms with van der Waals surface area (Å²) >= 11 is 2.61. The molecule has 0 N–H and O–H groups in total. The van der Waals surface area contributed by atoms with Crippen LogP contribution in [0.2, 0.25) is 0 Å². The maximum absolute atomic E-state index is 12.8. The number of ether oxygens (including phenoxy) is 1. The third-order valence-electron chi connectivity index (χ3n) is 4.24. The number of esters is 1. The van der Waals surface area contributed by atoms with E-state index in [-0.39, 0.29) is 22.8 Å². The van der Waals surface area contributed by atoms with Crippen LogP contribution < -0.4 is 0 Å². The second-order valence-electron chi connectivity index (χ2n) is 6.81. The summed E-state index contributed by atoms with van der Waals surface area (Å²) in [4.78, 5) is 28.3. The highest BCUT2D eigenvalue weighted by atomic mass is 32.2. The number of carbonyl (C=O) groups excluding carboxylic acids is 1. The van der Waals surface area contributed by atoms with E-state index in [0.717, 1.165) is 16.1 Å². The number of nitrogens with zero attached hydrogens (tertiary/aromatic N) is 3. The Kier molecular flexibility index (Phi) is 7.29. The van der Waals surface area contributed by atoms with E-state index < -0.39 is 20.9 Å². The smallest absolute Gasteiger partial charge is 0.339 e. The zero-order chi connectivity index (χ0) is 23.5. The molecule has 0 aliphatic carbocycles. The minimum absolute atomic E-state index is 0.0362. The van der Waals surface area contributed by atoms with Gasteiger partial charge >= 0.3 is 5.97 Å². The second kappa shape index (κ2) is 9.77. The molecule has 12 heteroatoms. The number of sulfonamides is 1. The summed E-state index contributed by atoms with van der Waals surface area (Å²) in [5.41, 5.74) is 1.09. The third kappa shape index (κ3) is 5.51. The number of aromatic nitrogens is 1. The van der Waals surface area contributed by atoms with Crippen LogP contribution in [-0.4, -0.2) is 42.7 Å². The van der Waals surface area contributed by atoms with Gasteiger partial charge in [0.25, 0.3) is 5.69 Å². The van der Waals surface area contributed by atoms with E-state index in [1.165, 1.54) is 61.5 Å². The lowest BCUT2D eigenvalue weighted by Crippen LogP contribution is -2.22. The maximum atomic E-state index is 12.8. The first-order valence-corrected chi connectivity index (χ1v) is 12.3. The Morgan fingerprint density at radius 1 is 1.25 bits per heavy atom. The summed E-state index contributed by atoms with van der Waals surface area (Å²) in [6, 6.07) is 10.0. The van der Waals surface area contributed by atoms with Crippen molar-refractivity contribution in [3.63, 3.8) is 0 Å². The molecule has 9 nitrogen and oxygen atoms in total. The molecule has 0 saturated carbocycles. The Bertz CT molecular complexity index is 1270. The summed E-state index contributed by atoms with van der Waals surface area (Å²) in [5, 5.41) is 13.1. The second-order valence-corrected chi connectivity index (χ2v) is 11.1. The van der Waals surface area contributed by atoms with Gasteiger partial charge in [-0.15, -0.1) is 11.3 Å². The van der Waals surface area contributed by atoms with E-state index in [1.807, 2.05) is 12.3 Å². The monoisotopic (exact) mass is 493 g/mol. The summed E-state index contributed by atoms with van der Waals surface area (Å²) in [5.74, 6) is -0.759. The Labute approximate surface area is 193 Å². The summed E-state index contributed by atoms with van der Waals surface area (Å²) in [6.07, 6.45) is 0. The molecule has 0 fully saturated rings. The Morgan fingerprint density at radius 2 is 2.00 bits per heavy atom. The molecule has 0 bridgehead atoms. The van der Waals surface area contributed by atoms with Gasteiger partial charge in [0.15, 0.2) is 4.34 Å². The van der Waals surface area contributed by atoms with Crippen molar-refractivity contribution in [3.8, 4) is 0 Å². The number of thiazole rings is 1. The van der Waals surface area contributed by atoms with Gasteiger partial charge in [0.05, 0.1) is 15.4 Å². The van der Waals surface area contributed by atoms with Crippen molar-refractivity contribution in [3.05, 3.63) is 74.8 Å². The van der Waals surface area contributed by atoms with Gasteiger partial charge in [0.1, 0.15) is 6.61 Å². The first-order valence-electron chi connectivity index (χ1n) is 9.15. The molecule has 0 saturated heterocycles. The normalized spacial score (nSPS) is 11.5. The molecule has 0 atom stereocenters. The van der Waals surface area contributed by atoms with Crippen molar-refractivity contribution in [2.45, 2.75) is 27.7 Å². The molecule has 0 amide bonds. The van der Waals surface area contributed by atoms with Gasteiger partial charge in [-0.05, 0) is 30.7 Å². The molecular weight excluding hydrogens is 474 g/mol. The van der Waals surface area contributed by atoms with Crippen LogP contribution in [0, 0.1) is 17.0 Å². The summed E-state index contributed by atoms with van der Waals surface area (Å²) in [7, 11) is -0.788. The molecule has 0 unspecified atom stereocenters. The van der Waals surface area contributed by atoms with E-state index in [1.54, 1.807) is 12.1 Å². The molecule has 2 aromatic carbocycles. The van der Waals surface area contributed by atoms with Crippen LogP contribution in [-0.2, 0) is 21.4 Å². The van der Waals surface area contributed by atoms with Crippen molar-refractivity contribution >= 4 is 44.8 Å². The van der Waals surface area contributed by atoms with Crippen molar-refractivity contribution in [2.24, 2.45) is 0 Å². The van der Waals surface area contributed by atoms with Gasteiger partial charge in [0.2, 0.25) is 10.0 Å². The van der Waals surface area contributed by atoms with Crippen LogP contribution in [0.5, 0.6) is 0 Å². The zero-order valence-corrected chi connectivity index (χ0v) is 19.8. The molecule has 0 aliphatic heterocycles. The molecule has 0 radical (unpaired) electrons. The van der Waals surface area contributed by atoms with Crippen molar-refractivity contribution in [1.82, 2.24) is 9.29 Å². The molecule has 3 rings (SSSR count). The molecule has 0 aliphatic rings. The van der Waals surface area contributed by atoms with Crippen molar-refractivity contribution in [1.29, 1.82) is 0 Å². The van der Waals surface area contributed by atoms with Crippen LogP contribution in [0.15, 0.2) is 62.0 Å². The molecule has 1 aromatic heterocycles. The lowest BCUT2D eigenvalue weighted by molar-refractivity contribution is -0.384. The quantitative estimate of drug-likeness (QED) is 0.261. The molecule has 1 heterocycles. The number of benzene rings is 2. The van der Waals surface area contributed by atoms with Gasteiger partial charge in [-0.2, -0.15) is 0 Å². The number of carbonyl (C=O) groups is 1. The van der Waals surface area contributed by atoms with Crippen LogP contribution in [0.4, 0.5) is 5.69 Å². The summed E-state index contributed by atoms with van der Waals surface area (Å²) in [6.45, 7) is 1.65. The van der Waals surface area contributed by atoms with Gasteiger partial charge in [-0.3, -0.25) is 10.1 Å². The van der Waals surface area contributed by atoms with E-state index in [2.05, 4.69) is 4.98 Å².